The Labute approximate surface area is 164 Å². The van der Waals surface area contributed by atoms with Crippen LogP contribution in [0.3, 0.4) is 0 Å². The minimum absolute atomic E-state index is 0.316. The van der Waals surface area contributed by atoms with E-state index in [9.17, 15) is 14.0 Å². The molecule has 2 aliphatic rings. The van der Waals surface area contributed by atoms with E-state index >= 15 is 0 Å². The molecule has 3 aromatic carbocycles. The van der Waals surface area contributed by atoms with Crippen molar-refractivity contribution >= 4 is 29.2 Å². The van der Waals surface area contributed by atoms with E-state index in [0.29, 0.717) is 38.6 Å². The van der Waals surface area contributed by atoms with Crippen molar-refractivity contribution in [3.8, 4) is 11.5 Å². The van der Waals surface area contributed by atoms with Crippen molar-refractivity contribution in [3.05, 3.63) is 100 Å². The van der Waals surface area contributed by atoms with E-state index in [1.165, 1.54) is 12.1 Å². The number of carbonyl (C=O) groups is 2. The molecule has 3 aromatic rings. The molecule has 0 aromatic heterocycles. The first kappa shape index (κ1) is 17.1. The van der Waals surface area contributed by atoms with Crippen LogP contribution in [-0.2, 0) is 9.59 Å². The molecule has 0 radical (unpaired) electrons. The van der Waals surface area contributed by atoms with E-state index < -0.39 is 11.9 Å². The largest absolute Gasteiger partial charge is 0.422 e. The molecular weight excluding hydrogens is 371 g/mol. The number of ether oxygens (including phenoxy) is 2. The van der Waals surface area contributed by atoms with Crippen molar-refractivity contribution in [3.63, 3.8) is 0 Å². The predicted octanol–water partition coefficient (Wildman–Crippen LogP) is 2.73. The second-order valence-corrected chi connectivity index (χ2v) is 6.67. The zero-order valence-corrected chi connectivity index (χ0v) is 15.0. The number of halogens is 1. The molecule has 0 amide bonds. The van der Waals surface area contributed by atoms with Crippen molar-refractivity contribution in [1.29, 1.82) is 0 Å². The molecule has 2 heterocycles. The Morgan fingerprint density at radius 3 is 2.24 bits per heavy atom. The predicted molar refractivity (Wildman–Crippen MR) is 105 cm³/mol. The van der Waals surface area contributed by atoms with Crippen LogP contribution < -0.4 is 19.9 Å². The number of esters is 2. The first-order valence-electron chi connectivity index (χ1n) is 8.96. The van der Waals surface area contributed by atoms with Crippen LogP contribution in [0.1, 0.15) is 11.1 Å². The smallest absolute Gasteiger partial charge is 0.344 e. The summed E-state index contributed by atoms with van der Waals surface area (Å²) in [7, 11) is 0. The van der Waals surface area contributed by atoms with Gasteiger partial charge in [-0.05, 0) is 41.5 Å². The van der Waals surface area contributed by atoms with Gasteiger partial charge in [-0.25, -0.2) is 14.0 Å². The topological polar surface area (TPSA) is 52.6 Å². The Morgan fingerprint density at radius 2 is 1.45 bits per heavy atom. The molecule has 0 N–H and O–H groups in total. The van der Waals surface area contributed by atoms with Crippen LogP contribution in [0.4, 0.5) is 4.39 Å². The Morgan fingerprint density at radius 1 is 0.724 bits per heavy atom. The SMILES string of the molecule is O=C1Oc2cc3c(cc2=C1C=Cc1cccc(F)c1)OC(=O)C=3c1ccccc1. The molecular formula is C24H13FO4. The molecule has 0 saturated carbocycles. The van der Waals surface area contributed by atoms with Crippen LogP contribution in [0.15, 0.2) is 72.8 Å². The lowest BCUT2D eigenvalue weighted by molar-refractivity contribution is -0.128. The first-order valence-corrected chi connectivity index (χ1v) is 8.96. The monoisotopic (exact) mass is 384 g/mol. The lowest BCUT2D eigenvalue weighted by Crippen LogP contribution is -2.10. The van der Waals surface area contributed by atoms with Crippen LogP contribution in [0.25, 0.3) is 17.2 Å². The summed E-state index contributed by atoms with van der Waals surface area (Å²) in [6.45, 7) is 0. The third-order valence-corrected chi connectivity index (χ3v) is 4.82. The minimum atomic E-state index is -0.510. The average molecular weight is 384 g/mol. The van der Waals surface area contributed by atoms with Crippen molar-refractivity contribution in [2.45, 2.75) is 0 Å². The van der Waals surface area contributed by atoms with Crippen LogP contribution in [0, 0.1) is 5.82 Å². The van der Waals surface area contributed by atoms with E-state index in [1.54, 1.807) is 36.4 Å². The Kier molecular flexibility index (Phi) is 3.88. The first-order chi connectivity index (χ1) is 14.1. The number of carbonyl (C=O) groups excluding carboxylic acids is 2. The maximum absolute atomic E-state index is 13.4. The fourth-order valence-corrected chi connectivity index (χ4v) is 3.49. The van der Waals surface area contributed by atoms with Crippen molar-refractivity contribution < 1.29 is 23.5 Å². The van der Waals surface area contributed by atoms with Gasteiger partial charge in [0.2, 0.25) is 0 Å². The van der Waals surface area contributed by atoms with Gasteiger partial charge in [-0.3, -0.25) is 0 Å². The molecule has 0 aliphatic carbocycles. The van der Waals surface area contributed by atoms with Gasteiger partial charge < -0.3 is 9.47 Å². The van der Waals surface area contributed by atoms with Gasteiger partial charge in [0, 0.05) is 10.4 Å². The van der Waals surface area contributed by atoms with E-state index in [1.807, 2.05) is 30.3 Å². The zero-order valence-electron chi connectivity index (χ0n) is 15.0. The summed E-state index contributed by atoms with van der Waals surface area (Å²) in [6.07, 6.45) is 3.21. The van der Waals surface area contributed by atoms with Gasteiger partial charge in [0.25, 0.3) is 0 Å². The molecule has 140 valence electrons. The van der Waals surface area contributed by atoms with E-state index in [-0.39, 0.29) is 5.82 Å². The molecule has 0 saturated heterocycles. The summed E-state index contributed by atoms with van der Waals surface area (Å²) < 4.78 is 24.2. The van der Waals surface area contributed by atoms with Gasteiger partial charge in [0.1, 0.15) is 17.3 Å². The van der Waals surface area contributed by atoms with E-state index in [2.05, 4.69) is 0 Å². The fourth-order valence-electron chi connectivity index (χ4n) is 3.49. The highest BCUT2D eigenvalue weighted by Crippen LogP contribution is 2.25. The highest BCUT2D eigenvalue weighted by molar-refractivity contribution is 6.20. The van der Waals surface area contributed by atoms with Crippen LogP contribution in [0.5, 0.6) is 11.5 Å². The van der Waals surface area contributed by atoms with Gasteiger partial charge in [-0.1, -0.05) is 48.5 Å². The molecule has 0 atom stereocenters. The highest BCUT2D eigenvalue weighted by atomic mass is 19.1. The van der Waals surface area contributed by atoms with Gasteiger partial charge in [0.05, 0.1) is 11.1 Å². The van der Waals surface area contributed by atoms with Crippen molar-refractivity contribution in [2.24, 2.45) is 0 Å². The highest BCUT2D eigenvalue weighted by Gasteiger charge is 2.28. The second kappa shape index (κ2) is 6.56. The van der Waals surface area contributed by atoms with Gasteiger partial charge in [-0.2, -0.15) is 0 Å². The Bertz CT molecular complexity index is 1340. The fraction of sp³-hybridized carbons (Fsp3) is 0. The summed E-state index contributed by atoms with van der Waals surface area (Å²) >= 11 is 0. The van der Waals surface area contributed by atoms with Crippen molar-refractivity contribution in [2.75, 3.05) is 0 Å². The zero-order chi connectivity index (χ0) is 20.0. The minimum Gasteiger partial charge on any atom is -0.422 e. The van der Waals surface area contributed by atoms with Gasteiger partial charge >= 0.3 is 11.9 Å². The quantitative estimate of drug-likeness (QED) is 0.515. The Balaban J connectivity index is 1.66. The summed E-state index contributed by atoms with van der Waals surface area (Å²) in [5, 5.41) is 1.12. The molecule has 5 rings (SSSR count). The summed E-state index contributed by atoms with van der Waals surface area (Å²) in [4.78, 5) is 24.8. The van der Waals surface area contributed by atoms with Crippen LogP contribution in [-0.4, -0.2) is 11.9 Å². The summed E-state index contributed by atoms with van der Waals surface area (Å²) in [5.41, 5.74) is 2.10. The molecule has 29 heavy (non-hydrogen) atoms. The molecule has 5 heteroatoms. The molecule has 0 fully saturated rings. The number of rotatable bonds is 3. The maximum Gasteiger partial charge on any atom is 0.344 e. The average Bonchev–Trinajstić information content (AvgIpc) is 3.19. The molecule has 0 spiro atoms. The maximum atomic E-state index is 13.4. The molecule has 2 aliphatic heterocycles. The van der Waals surface area contributed by atoms with Crippen molar-refractivity contribution in [1.82, 2.24) is 0 Å². The number of hydrogen-bond donors (Lipinski definition) is 0. The molecule has 4 nitrogen and oxygen atoms in total. The summed E-state index contributed by atoms with van der Waals surface area (Å²) in [6, 6.07) is 18.5. The normalized spacial score (nSPS) is 14.8. The number of benzene rings is 3. The number of hydrogen-bond acceptors (Lipinski definition) is 4. The third kappa shape index (κ3) is 2.93. The lowest BCUT2D eigenvalue weighted by Gasteiger charge is -1.98. The number of fused-ring (bicyclic) bond motifs is 2. The molecule has 0 unspecified atom stereocenters. The van der Waals surface area contributed by atoms with Gasteiger partial charge in [0.15, 0.2) is 0 Å². The van der Waals surface area contributed by atoms with Gasteiger partial charge in [-0.15, -0.1) is 0 Å². The van der Waals surface area contributed by atoms with Crippen LogP contribution in [0.2, 0.25) is 0 Å². The van der Waals surface area contributed by atoms with E-state index in [4.69, 9.17) is 9.47 Å². The second-order valence-electron chi connectivity index (χ2n) is 6.67. The third-order valence-electron chi connectivity index (χ3n) is 4.82. The standard InChI is InChI=1S/C24H13FO4/c25-16-8-4-5-14(11-16)9-10-17-18-12-21-19(13-20(18)28-23(17)26)22(24(27)29-21)15-6-2-1-3-7-15/h1-13H. The summed E-state index contributed by atoms with van der Waals surface area (Å²) in [5.74, 6) is -0.579. The Hall–Kier alpha value is -3.99. The lowest BCUT2D eigenvalue weighted by atomic mass is 10.0. The van der Waals surface area contributed by atoms with E-state index in [0.717, 1.165) is 5.56 Å². The molecule has 0 bridgehead atoms. The van der Waals surface area contributed by atoms with Crippen LogP contribution >= 0.6 is 0 Å².